The Bertz CT molecular complexity index is 464. The fraction of sp³-hybridized carbons (Fsp3) is 0.250. The van der Waals surface area contributed by atoms with Crippen molar-refractivity contribution in [1.82, 2.24) is 0 Å². The maximum absolute atomic E-state index is 5.74. The second-order valence-electron chi connectivity index (χ2n) is 3.52. The molecule has 0 saturated heterocycles. The zero-order chi connectivity index (χ0) is 11.5. The van der Waals surface area contributed by atoms with Crippen LogP contribution in [0.25, 0.3) is 6.08 Å². The van der Waals surface area contributed by atoms with Gasteiger partial charge in [-0.2, -0.15) is 0 Å². The SMILES string of the molecule is COc1cc2c(cc1OC)CC(N)=NC=C2. The molecule has 1 heterocycles. The fourth-order valence-electron chi connectivity index (χ4n) is 1.70. The van der Waals surface area contributed by atoms with Crippen LogP contribution in [-0.4, -0.2) is 20.1 Å². The van der Waals surface area contributed by atoms with Gasteiger partial charge in [0.05, 0.1) is 14.2 Å². The van der Waals surface area contributed by atoms with Crippen LogP contribution in [0.2, 0.25) is 0 Å². The molecule has 1 aliphatic heterocycles. The third kappa shape index (κ3) is 1.86. The molecule has 4 nitrogen and oxygen atoms in total. The summed E-state index contributed by atoms with van der Waals surface area (Å²) in [5, 5.41) is 0. The molecule has 4 heteroatoms. The third-order valence-electron chi connectivity index (χ3n) is 2.51. The fourth-order valence-corrected chi connectivity index (χ4v) is 1.70. The van der Waals surface area contributed by atoms with Crippen LogP contribution in [0.15, 0.2) is 23.3 Å². The van der Waals surface area contributed by atoms with E-state index in [0.717, 1.165) is 11.1 Å². The summed E-state index contributed by atoms with van der Waals surface area (Å²) in [4.78, 5) is 4.08. The highest BCUT2D eigenvalue weighted by Gasteiger charge is 2.11. The molecule has 0 bridgehead atoms. The number of methoxy groups -OCH3 is 2. The lowest BCUT2D eigenvalue weighted by atomic mass is 10.0. The highest BCUT2D eigenvalue weighted by molar-refractivity contribution is 5.86. The van der Waals surface area contributed by atoms with Crippen molar-refractivity contribution in [2.75, 3.05) is 14.2 Å². The molecular weight excluding hydrogens is 204 g/mol. The van der Waals surface area contributed by atoms with E-state index in [0.29, 0.717) is 23.8 Å². The number of fused-ring (bicyclic) bond motifs is 1. The number of nitrogens with zero attached hydrogens (tertiary/aromatic N) is 1. The summed E-state index contributed by atoms with van der Waals surface area (Å²) in [5.74, 6) is 2.03. The van der Waals surface area contributed by atoms with Crippen LogP contribution in [0.3, 0.4) is 0 Å². The number of hydrogen-bond donors (Lipinski definition) is 1. The quantitative estimate of drug-likeness (QED) is 0.820. The van der Waals surface area contributed by atoms with Gasteiger partial charge in [0.25, 0.3) is 0 Å². The van der Waals surface area contributed by atoms with Crippen LogP contribution in [0.1, 0.15) is 11.1 Å². The minimum absolute atomic E-state index is 0.599. The van der Waals surface area contributed by atoms with E-state index >= 15 is 0 Å². The normalized spacial score (nSPS) is 13.8. The van der Waals surface area contributed by atoms with Crippen molar-refractivity contribution >= 4 is 11.9 Å². The number of nitrogens with two attached hydrogens (primary N) is 1. The van der Waals surface area contributed by atoms with Crippen LogP contribution in [0, 0.1) is 0 Å². The smallest absolute Gasteiger partial charge is 0.161 e. The Morgan fingerprint density at radius 3 is 2.56 bits per heavy atom. The Kier molecular flexibility index (Phi) is 2.81. The van der Waals surface area contributed by atoms with Gasteiger partial charge in [-0.25, -0.2) is 4.99 Å². The van der Waals surface area contributed by atoms with Gasteiger partial charge in [0, 0.05) is 12.6 Å². The van der Waals surface area contributed by atoms with Gasteiger partial charge in [0.2, 0.25) is 0 Å². The number of hydrogen-bond acceptors (Lipinski definition) is 4. The predicted octanol–water partition coefficient (Wildman–Crippen LogP) is 1.59. The summed E-state index contributed by atoms with van der Waals surface area (Å²) in [6, 6.07) is 3.87. The lowest BCUT2D eigenvalue weighted by Gasteiger charge is -2.11. The van der Waals surface area contributed by atoms with Gasteiger partial charge in [0.1, 0.15) is 5.84 Å². The molecular formula is C12H14N2O2. The van der Waals surface area contributed by atoms with Crippen molar-refractivity contribution in [3.05, 3.63) is 29.5 Å². The predicted molar refractivity (Wildman–Crippen MR) is 63.9 cm³/mol. The van der Waals surface area contributed by atoms with E-state index in [-0.39, 0.29) is 0 Å². The largest absolute Gasteiger partial charge is 0.493 e. The van der Waals surface area contributed by atoms with Crippen molar-refractivity contribution in [2.45, 2.75) is 6.42 Å². The summed E-state index contributed by atoms with van der Waals surface area (Å²) in [6.45, 7) is 0. The standard InChI is InChI=1S/C12H14N2O2/c1-15-10-5-8-3-4-14-12(13)7-9(8)6-11(10)16-2/h3-6H,7H2,1-2H3,(H2,13,14). The first-order valence-electron chi connectivity index (χ1n) is 4.98. The molecule has 0 saturated carbocycles. The number of ether oxygens (including phenoxy) is 2. The van der Waals surface area contributed by atoms with E-state index in [1.54, 1.807) is 20.4 Å². The van der Waals surface area contributed by atoms with Gasteiger partial charge >= 0.3 is 0 Å². The molecule has 1 aromatic rings. The molecule has 1 aromatic carbocycles. The number of benzene rings is 1. The molecule has 2 N–H and O–H groups in total. The Balaban J connectivity index is 2.51. The Morgan fingerprint density at radius 2 is 1.88 bits per heavy atom. The van der Waals surface area contributed by atoms with Crippen molar-refractivity contribution in [3.8, 4) is 11.5 Å². The summed E-state index contributed by atoms with van der Waals surface area (Å²) >= 11 is 0. The number of amidine groups is 1. The van der Waals surface area contributed by atoms with Crippen LogP contribution < -0.4 is 15.2 Å². The highest BCUT2D eigenvalue weighted by atomic mass is 16.5. The van der Waals surface area contributed by atoms with Crippen molar-refractivity contribution in [2.24, 2.45) is 10.7 Å². The molecule has 1 aliphatic rings. The molecule has 0 fully saturated rings. The number of aliphatic imine (C=N–C) groups is 1. The second kappa shape index (κ2) is 4.26. The van der Waals surface area contributed by atoms with Gasteiger partial charge in [-0.3, -0.25) is 0 Å². The number of rotatable bonds is 2. The van der Waals surface area contributed by atoms with Gasteiger partial charge in [-0.1, -0.05) is 0 Å². The van der Waals surface area contributed by atoms with Crippen LogP contribution >= 0.6 is 0 Å². The second-order valence-corrected chi connectivity index (χ2v) is 3.52. The molecule has 0 atom stereocenters. The lowest BCUT2D eigenvalue weighted by Crippen LogP contribution is -2.14. The molecule has 16 heavy (non-hydrogen) atoms. The van der Waals surface area contributed by atoms with E-state index in [1.807, 2.05) is 18.2 Å². The van der Waals surface area contributed by atoms with Crippen molar-refractivity contribution in [3.63, 3.8) is 0 Å². The topological polar surface area (TPSA) is 56.8 Å². The van der Waals surface area contributed by atoms with E-state index in [9.17, 15) is 0 Å². The Labute approximate surface area is 94.4 Å². The van der Waals surface area contributed by atoms with Gasteiger partial charge in [0.15, 0.2) is 11.5 Å². The minimum Gasteiger partial charge on any atom is -0.493 e. The van der Waals surface area contributed by atoms with Crippen LogP contribution in [-0.2, 0) is 6.42 Å². The molecule has 0 aromatic heterocycles. The van der Waals surface area contributed by atoms with E-state index in [1.165, 1.54) is 0 Å². The summed E-state index contributed by atoms with van der Waals surface area (Å²) in [7, 11) is 3.24. The summed E-state index contributed by atoms with van der Waals surface area (Å²) in [5.41, 5.74) is 7.89. The lowest BCUT2D eigenvalue weighted by molar-refractivity contribution is 0.354. The molecule has 0 aliphatic carbocycles. The van der Waals surface area contributed by atoms with Crippen molar-refractivity contribution < 1.29 is 9.47 Å². The Morgan fingerprint density at radius 1 is 1.19 bits per heavy atom. The third-order valence-corrected chi connectivity index (χ3v) is 2.51. The molecule has 0 radical (unpaired) electrons. The maximum atomic E-state index is 5.74. The van der Waals surface area contributed by atoms with Gasteiger partial charge < -0.3 is 15.2 Å². The van der Waals surface area contributed by atoms with Gasteiger partial charge in [-0.15, -0.1) is 0 Å². The average molecular weight is 218 g/mol. The van der Waals surface area contributed by atoms with E-state index < -0.39 is 0 Å². The average Bonchev–Trinajstić information content (AvgIpc) is 2.47. The first-order chi connectivity index (χ1) is 7.74. The van der Waals surface area contributed by atoms with Crippen LogP contribution in [0.5, 0.6) is 11.5 Å². The molecule has 84 valence electrons. The summed E-state index contributed by atoms with van der Waals surface area (Å²) in [6.07, 6.45) is 4.24. The zero-order valence-electron chi connectivity index (χ0n) is 9.36. The van der Waals surface area contributed by atoms with E-state index in [4.69, 9.17) is 15.2 Å². The highest BCUT2D eigenvalue weighted by Crippen LogP contribution is 2.32. The molecule has 0 unspecified atom stereocenters. The molecule has 0 spiro atoms. The maximum Gasteiger partial charge on any atom is 0.161 e. The Hall–Kier alpha value is -1.97. The van der Waals surface area contributed by atoms with E-state index in [2.05, 4.69) is 4.99 Å². The molecule has 0 amide bonds. The zero-order valence-corrected chi connectivity index (χ0v) is 9.36. The monoisotopic (exact) mass is 218 g/mol. The minimum atomic E-state index is 0.599. The molecule has 2 rings (SSSR count). The van der Waals surface area contributed by atoms with Crippen LogP contribution in [0.4, 0.5) is 0 Å². The van der Waals surface area contributed by atoms with Gasteiger partial charge in [-0.05, 0) is 29.3 Å². The summed E-state index contributed by atoms with van der Waals surface area (Å²) < 4.78 is 10.5. The van der Waals surface area contributed by atoms with Crippen molar-refractivity contribution in [1.29, 1.82) is 0 Å². The first-order valence-corrected chi connectivity index (χ1v) is 4.98. The first kappa shape index (κ1) is 10.5.